The van der Waals surface area contributed by atoms with Gasteiger partial charge in [-0.3, -0.25) is 4.57 Å². The molecule has 1 unspecified atom stereocenters. The largest absolute Gasteiger partial charge is 0.497 e. The van der Waals surface area contributed by atoms with Gasteiger partial charge in [-0.25, -0.2) is 0 Å². The van der Waals surface area contributed by atoms with Crippen molar-refractivity contribution in [3.63, 3.8) is 0 Å². The minimum absolute atomic E-state index is 0.422. The highest BCUT2D eigenvalue weighted by molar-refractivity contribution is 8.57. The number of hydrogen-bond donors (Lipinski definition) is 0. The lowest BCUT2D eigenvalue weighted by Gasteiger charge is -2.12. The summed E-state index contributed by atoms with van der Waals surface area (Å²) in [5, 5.41) is 0. The van der Waals surface area contributed by atoms with E-state index < -0.39 is 6.57 Å². The van der Waals surface area contributed by atoms with Crippen molar-refractivity contribution in [2.75, 3.05) is 13.7 Å². The van der Waals surface area contributed by atoms with Crippen LogP contribution in [0.4, 0.5) is 0 Å². The molecule has 2 rings (SSSR count). The fourth-order valence-corrected chi connectivity index (χ4v) is 5.51. The molecule has 25 heavy (non-hydrogen) atoms. The van der Waals surface area contributed by atoms with Crippen LogP contribution in [-0.4, -0.2) is 13.7 Å². The summed E-state index contributed by atoms with van der Waals surface area (Å²) in [7, 11) is 1.64. The number of rotatable bonds is 9. The van der Waals surface area contributed by atoms with Gasteiger partial charge in [-0.2, -0.15) is 0 Å². The van der Waals surface area contributed by atoms with Gasteiger partial charge in [0.15, 0.2) is 0 Å². The molecule has 2 aromatic rings. The Kier molecular flexibility index (Phi) is 8.07. The van der Waals surface area contributed by atoms with Crippen molar-refractivity contribution in [3.8, 4) is 5.75 Å². The zero-order chi connectivity index (χ0) is 18.0. The molecule has 0 aromatic heterocycles. The van der Waals surface area contributed by atoms with Crippen LogP contribution in [0.15, 0.2) is 72.6 Å². The molecule has 1 atom stereocenters. The monoisotopic (exact) mass is 374 g/mol. The fourth-order valence-electron chi connectivity index (χ4n) is 2.08. The van der Waals surface area contributed by atoms with E-state index in [9.17, 15) is 4.57 Å². The van der Waals surface area contributed by atoms with Crippen molar-refractivity contribution in [1.29, 1.82) is 0 Å². The topological polar surface area (TPSA) is 35.5 Å². The number of ether oxygens (including phenoxy) is 1. The molecule has 5 heteroatoms. The van der Waals surface area contributed by atoms with Gasteiger partial charge in [-0.1, -0.05) is 72.1 Å². The van der Waals surface area contributed by atoms with Crippen molar-refractivity contribution in [2.45, 2.75) is 12.7 Å². The number of benzene rings is 2. The molecular formula is C20H23O3PS. The molecule has 0 saturated heterocycles. The normalized spacial score (nSPS) is 14.0. The van der Waals surface area contributed by atoms with Crippen LogP contribution in [0, 0.1) is 0 Å². The number of hydrogen-bond acceptors (Lipinski definition) is 4. The lowest BCUT2D eigenvalue weighted by atomic mass is 10.2. The summed E-state index contributed by atoms with van der Waals surface area (Å²) in [6, 6.07) is 17.7. The van der Waals surface area contributed by atoms with E-state index in [1.807, 2.05) is 73.7 Å². The summed E-state index contributed by atoms with van der Waals surface area (Å²) in [6.45, 7) is -0.574. The molecule has 0 spiro atoms. The molecule has 0 aliphatic heterocycles. The third-order valence-corrected chi connectivity index (χ3v) is 7.47. The first kappa shape index (κ1) is 19.6. The van der Waals surface area contributed by atoms with Gasteiger partial charge in [0.05, 0.1) is 13.7 Å². The number of methoxy groups -OCH3 is 1. The first-order chi connectivity index (χ1) is 12.1. The summed E-state index contributed by atoms with van der Waals surface area (Å²) in [5.41, 5.74) is 2.18. The van der Waals surface area contributed by atoms with Crippen molar-refractivity contribution in [1.82, 2.24) is 0 Å². The maximum Gasteiger partial charge on any atom is 0.280 e. The second kappa shape index (κ2) is 10.3. The van der Waals surface area contributed by atoms with Gasteiger partial charge in [0, 0.05) is 11.6 Å². The van der Waals surface area contributed by atoms with Gasteiger partial charge in [0.2, 0.25) is 0 Å². The predicted molar refractivity (Wildman–Crippen MR) is 108 cm³/mol. The second-order valence-electron chi connectivity index (χ2n) is 5.19. The van der Waals surface area contributed by atoms with E-state index in [-0.39, 0.29) is 0 Å². The molecule has 0 N–H and O–H groups in total. The Morgan fingerprint density at radius 3 is 2.40 bits per heavy atom. The average Bonchev–Trinajstić information content (AvgIpc) is 2.65. The van der Waals surface area contributed by atoms with E-state index in [4.69, 9.17) is 9.26 Å². The smallest absolute Gasteiger partial charge is 0.280 e. The first-order valence-electron chi connectivity index (χ1n) is 8.08. The Morgan fingerprint density at radius 2 is 1.76 bits per heavy atom. The third kappa shape index (κ3) is 6.95. The van der Waals surface area contributed by atoms with Crippen LogP contribution in [0.25, 0.3) is 6.08 Å². The van der Waals surface area contributed by atoms with Crippen LogP contribution >= 0.6 is 18.0 Å². The maximum atomic E-state index is 12.9. The molecule has 3 nitrogen and oxygen atoms in total. The summed E-state index contributed by atoms with van der Waals surface area (Å²) >= 11 is 1.35. The summed E-state index contributed by atoms with van der Waals surface area (Å²) in [6.07, 6.45) is 5.61. The van der Waals surface area contributed by atoms with Crippen LogP contribution in [0.3, 0.4) is 0 Å². The molecule has 0 fully saturated rings. The maximum absolute atomic E-state index is 12.9. The van der Waals surface area contributed by atoms with E-state index in [0.717, 1.165) is 16.9 Å². The Bertz CT molecular complexity index is 739. The van der Waals surface area contributed by atoms with Crippen LogP contribution < -0.4 is 4.74 Å². The average molecular weight is 374 g/mol. The van der Waals surface area contributed by atoms with Crippen molar-refractivity contribution in [2.24, 2.45) is 0 Å². The highest BCUT2D eigenvalue weighted by Crippen LogP contribution is 2.62. The molecule has 0 bridgehead atoms. The van der Waals surface area contributed by atoms with E-state index in [0.29, 0.717) is 12.4 Å². The van der Waals surface area contributed by atoms with E-state index in [1.54, 1.807) is 19.0 Å². The Morgan fingerprint density at radius 1 is 1.04 bits per heavy atom. The molecule has 0 aliphatic rings. The van der Waals surface area contributed by atoms with E-state index >= 15 is 0 Å². The Labute approximate surface area is 154 Å². The molecule has 0 saturated carbocycles. The standard InChI is InChI=1S/C20H23O3PS/c1-3-23-24(21,25-17-19-10-5-4-6-11-19)16-8-7-9-18-12-14-20(22-2)15-13-18/h4-16H,3,17H2,1-2H3/b9-7+,16-8+. The van der Waals surface area contributed by atoms with E-state index in [1.165, 1.54) is 11.4 Å². The van der Waals surface area contributed by atoms with Gasteiger partial charge in [-0.05, 0) is 30.2 Å². The molecule has 0 amide bonds. The van der Waals surface area contributed by atoms with Gasteiger partial charge in [0.1, 0.15) is 5.75 Å². The van der Waals surface area contributed by atoms with E-state index in [2.05, 4.69) is 0 Å². The zero-order valence-electron chi connectivity index (χ0n) is 14.5. The molecule has 0 heterocycles. The van der Waals surface area contributed by atoms with Crippen molar-refractivity contribution < 1.29 is 13.8 Å². The highest BCUT2D eigenvalue weighted by atomic mass is 32.7. The molecule has 0 radical (unpaired) electrons. The molecule has 2 aromatic carbocycles. The Balaban J connectivity index is 1.97. The minimum Gasteiger partial charge on any atom is -0.497 e. The van der Waals surface area contributed by atoms with Crippen LogP contribution in [0.5, 0.6) is 5.75 Å². The fraction of sp³-hybridized carbons (Fsp3) is 0.200. The predicted octanol–water partition coefficient (Wildman–Crippen LogP) is 6.39. The first-order valence-corrected chi connectivity index (χ1v) is 11.4. The van der Waals surface area contributed by atoms with Gasteiger partial charge in [-0.15, -0.1) is 0 Å². The number of allylic oxidation sites excluding steroid dienone is 2. The van der Waals surface area contributed by atoms with Crippen molar-refractivity contribution in [3.05, 3.63) is 83.7 Å². The lowest BCUT2D eigenvalue weighted by molar-refractivity contribution is 0.352. The minimum atomic E-state index is -2.85. The van der Waals surface area contributed by atoms with Crippen LogP contribution in [0.1, 0.15) is 18.1 Å². The summed E-state index contributed by atoms with van der Waals surface area (Å²) in [4.78, 5) is 0. The summed E-state index contributed by atoms with van der Waals surface area (Å²) in [5.74, 6) is 3.15. The van der Waals surface area contributed by atoms with Gasteiger partial charge in [0.25, 0.3) is 6.57 Å². The van der Waals surface area contributed by atoms with Crippen molar-refractivity contribution >= 4 is 24.0 Å². The quantitative estimate of drug-likeness (QED) is 0.376. The van der Waals surface area contributed by atoms with Gasteiger partial charge >= 0.3 is 0 Å². The SMILES string of the molecule is CCOP(=O)(/C=C/C=C/c1ccc(OC)cc1)SCc1ccccc1. The third-order valence-electron chi connectivity index (χ3n) is 3.35. The molecular weight excluding hydrogens is 351 g/mol. The summed E-state index contributed by atoms with van der Waals surface area (Å²) < 4.78 is 23.5. The lowest BCUT2D eigenvalue weighted by Crippen LogP contribution is -1.85. The highest BCUT2D eigenvalue weighted by Gasteiger charge is 2.19. The second-order valence-corrected chi connectivity index (χ2v) is 9.67. The van der Waals surface area contributed by atoms with Gasteiger partial charge < -0.3 is 9.26 Å². The van der Waals surface area contributed by atoms with Crippen LogP contribution in [-0.2, 0) is 14.8 Å². The zero-order valence-corrected chi connectivity index (χ0v) is 16.2. The molecule has 0 aliphatic carbocycles. The Hall–Kier alpha value is -1.74. The molecule has 132 valence electrons. The van der Waals surface area contributed by atoms with Crippen LogP contribution in [0.2, 0.25) is 0 Å².